The van der Waals surface area contributed by atoms with E-state index in [2.05, 4.69) is 4.74 Å². The van der Waals surface area contributed by atoms with Gasteiger partial charge >= 0.3 is 6.36 Å². The van der Waals surface area contributed by atoms with Gasteiger partial charge in [-0.05, 0) is 40.6 Å². The van der Waals surface area contributed by atoms with Crippen LogP contribution in [0.3, 0.4) is 0 Å². The third-order valence-corrected chi connectivity index (χ3v) is 3.14. The van der Waals surface area contributed by atoms with Gasteiger partial charge in [0.25, 0.3) is 0 Å². The van der Waals surface area contributed by atoms with Crippen LogP contribution in [0.1, 0.15) is 17.2 Å². The minimum Gasteiger partial charge on any atom is -0.406 e. The lowest BCUT2D eigenvalue weighted by Crippen LogP contribution is -2.18. The molecule has 1 heterocycles. The summed E-state index contributed by atoms with van der Waals surface area (Å²) in [5, 5.41) is 3.46. The highest BCUT2D eigenvalue weighted by Crippen LogP contribution is 2.29. The summed E-state index contributed by atoms with van der Waals surface area (Å²) in [6.07, 6.45) is -4.82. The normalized spacial score (nSPS) is 12.7. The van der Waals surface area contributed by atoms with Gasteiger partial charge in [0.1, 0.15) is 11.6 Å². The molecule has 0 fully saturated rings. The maximum Gasteiger partial charge on any atom is 0.573 e. The van der Waals surface area contributed by atoms with Gasteiger partial charge in [-0.25, -0.2) is 4.39 Å². The summed E-state index contributed by atoms with van der Waals surface area (Å²) in [5.74, 6) is -1.16. The van der Waals surface area contributed by atoms with Crippen molar-refractivity contribution in [3.63, 3.8) is 0 Å². The Morgan fingerprint density at radius 1 is 1.20 bits per heavy atom. The predicted octanol–water partition coefficient (Wildman–Crippen LogP) is 4.26. The summed E-state index contributed by atoms with van der Waals surface area (Å²) >= 11 is 1.37. The molecule has 0 bridgehead atoms. The Labute approximate surface area is 122 Å². The summed E-state index contributed by atoms with van der Waals surface area (Å²) in [4.78, 5) is 0. The second-order valence-electron chi connectivity index (χ2n) is 3.77. The first-order valence-electron chi connectivity index (χ1n) is 5.19. The Morgan fingerprint density at radius 2 is 1.90 bits per heavy atom. The third kappa shape index (κ3) is 4.09. The molecule has 1 atom stereocenters. The van der Waals surface area contributed by atoms with Gasteiger partial charge in [0.2, 0.25) is 0 Å². The van der Waals surface area contributed by atoms with E-state index in [-0.39, 0.29) is 18.0 Å². The zero-order valence-electron chi connectivity index (χ0n) is 9.86. The number of benzene rings is 1. The van der Waals surface area contributed by atoms with Crippen molar-refractivity contribution in [2.24, 2.45) is 5.73 Å². The number of thiophene rings is 1. The van der Waals surface area contributed by atoms with Crippen LogP contribution in [-0.4, -0.2) is 6.36 Å². The van der Waals surface area contributed by atoms with Gasteiger partial charge in [-0.2, -0.15) is 11.3 Å². The van der Waals surface area contributed by atoms with Crippen LogP contribution in [0, 0.1) is 5.82 Å². The van der Waals surface area contributed by atoms with Crippen LogP contribution in [0.2, 0.25) is 0 Å². The van der Waals surface area contributed by atoms with E-state index in [1.807, 2.05) is 0 Å². The molecule has 2 N–H and O–H groups in total. The lowest BCUT2D eigenvalue weighted by Gasteiger charge is -2.14. The minimum atomic E-state index is -4.82. The molecular weight excluding hydrogens is 318 g/mol. The van der Waals surface area contributed by atoms with Crippen molar-refractivity contribution >= 4 is 23.7 Å². The molecule has 0 saturated carbocycles. The first-order chi connectivity index (χ1) is 8.87. The largest absolute Gasteiger partial charge is 0.573 e. The van der Waals surface area contributed by atoms with Crippen LogP contribution >= 0.6 is 23.7 Å². The molecule has 8 heteroatoms. The van der Waals surface area contributed by atoms with E-state index >= 15 is 0 Å². The van der Waals surface area contributed by atoms with E-state index in [0.29, 0.717) is 5.56 Å². The Kier molecular flexibility index (Phi) is 5.38. The molecule has 0 aliphatic heterocycles. The summed E-state index contributed by atoms with van der Waals surface area (Å²) < 4.78 is 53.7. The first-order valence-corrected chi connectivity index (χ1v) is 6.14. The topological polar surface area (TPSA) is 35.2 Å². The minimum absolute atomic E-state index is 0. The summed E-state index contributed by atoms with van der Waals surface area (Å²) in [5.41, 5.74) is 6.42. The average molecular weight is 328 g/mol. The molecule has 0 saturated heterocycles. The van der Waals surface area contributed by atoms with Gasteiger partial charge in [0.15, 0.2) is 0 Å². The van der Waals surface area contributed by atoms with Gasteiger partial charge in [0, 0.05) is 5.56 Å². The van der Waals surface area contributed by atoms with E-state index in [9.17, 15) is 17.6 Å². The van der Waals surface area contributed by atoms with E-state index in [1.165, 1.54) is 11.3 Å². The number of nitrogens with two attached hydrogens (primary N) is 1. The van der Waals surface area contributed by atoms with E-state index in [1.54, 1.807) is 16.8 Å². The molecule has 20 heavy (non-hydrogen) atoms. The Balaban J connectivity index is 0.00000200. The molecule has 0 amide bonds. The van der Waals surface area contributed by atoms with Gasteiger partial charge < -0.3 is 10.5 Å². The smallest absolute Gasteiger partial charge is 0.406 e. The molecule has 0 aliphatic carbocycles. The van der Waals surface area contributed by atoms with E-state index < -0.39 is 24.0 Å². The van der Waals surface area contributed by atoms with Crippen molar-refractivity contribution in [3.05, 3.63) is 52.0 Å². The fourth-order valence-electron chi connectivity index (χ4n) is 1.59. The standard InChI is InChI=1S/C12H9F4NOS.ClH/c13-10-2-1-8(18-12(14,15)16)5-9(10)11(17)7-3-4-19-6-7;/h1-6,11H,17H2;1H/t11-;/m0./s1. The zero-order valence-corrected chi connectivity index (χ0v) is 11.5. The lowest BCUT2D eigenvalue weighted by molar-refractivity contribution is -0.274. The van der Waals surface area contributed by atoms with Crippen molar-refractivity contribution in [3.8, 4) is 5.75 Å². The second kappa shape index (κ2) is 6.43. The van der Waals surface area contributed by atoms with E-state index in [0.717, 1.165) is 18.2 Å². The molecular formula is C12H10ClF4NOS. The summed E-state index contributed by atoms with van der Waals surface area (Å²) in [6.45, 7) is 0. The molecule has 110 valence electrons. The quantitative estimate of drug-likeness (QED) is 0.855. The monoisotopic (exact) mass is 327 g/mol. The summed E-state index contributed by atoms with van der Waals surface area (Å²) in [7, 11) is 0. The maximum absolute atomic E-state index is 13.6. The Bertz CT molecular complexity index is 559. The number of halogens is 5. The number of rotatable bonds is 3. The predicted molar refractivity (Wildman–Crippen MR) is 70.7 cm³/mol. The van der Waals surface area contributed by atoms with Crippen LogP contribution in [0.4, 0.5) is 17.6 Å². The molecule has 1 aromatic heterocycles. The van der Waals surface area contributed by atoms with Crippen molar-refractivity contribution in [1.29, 1.82) is 0 Å². The maximum atomic E-state index is 13.6. The fraction of sp³-hybridized carbons (Fsp3) is 0.167. The molecule has 2 aromatic rings. The Hall–Kier alpha value is -1.31. The number of ether oxygens (including phenoxy) is 1. The fourth-order valence-corrected chi connectivity index (χ4v) is 2.29. The van der Waals surface area contributed by atoms with Crippen LogP contribution in [0.15, 0.2) is 35.0 Å². The number of alkyl halides is 3. The molecule has 1 aromatic carbocycles. The lowest BCUT2D eigenvalue weighted by atomic mass is 10.0. The summed E-state index contributed by atoms with van der Waals surface area (Å²) in [6, 6.07) is 3.63. The van der Waals surface area contributed by atoms with Crippen LogP contribution in [-0.2, 0) is 0 Å². The number of hydrogen-bond donors (Lipinski definition) is 1. The highest BCUT2D eigenvalue weighted by molar-refractivity contribution is 7.08. The molecule has 0 spiro atoms. The zero-order chi connectivity index (χ0) is 14.0. The average Bonchev–Trinajstić information content (AvgIpc) is 2.82. The van der Waals surface area contributed by atoms with Crippen molar-refractivity contribution in [2.45, 2.75) is 12.4 Å². The van der Waals surface area contributed by atoms with Crippen LogP contribution in [0.5, 0.6) is 5.75 Å². The van der Waals surface area contributed by atoms with Gasteiger partial charge in [-0.1, -0.05) is 0 Å². The molecule has 0 aliphatic rings. The third-order valence-electron chi connectivity index (χ3n) is 2.44. The molecule has 0 radical (unpaired) electrons. The molecule has 0 unspecified atom stereocenters. The Morgan fingerprint density at radius 3 is 2.45 bits per heavy atom. The number of hydrogen-bond acceptors (Lipinski definition) is 3. The van der Waals surface area contributed by atoms with Gasteiger partial charge in [-0.3, -0.25) is 0 Å². The van der Waals surface area contributed by atoms with Crippen LogP contribution < -0.4 is 10.5 Å². The molecule has 2 rings (SSSR count). The molecule has 2 nitrogen and oxygen atoms in total. The van der Waals surface area contributed by atoms with Crippen molar-refractivity contribution in [1.82, 2.24) is 0 Å². The van der Waals surface area contributed by atoms with Crippen molar-refractivity contribution < 1.29 is 22.3 Å². The van der Waals surface area contributed by atoms with Crippen molar-refractivity contribution in [2.75, 3.05) is 0 Å². The van der Waals surface area contributed by atoms with Gasteiger partial charge in [-0.15, -0.1) is 25.6 Å². The first kappa shape index (κ1) is 16.7. The van der Waals surface area contributed by atoms with Crippen LogP contribution in [0.25, 0.3) is 0 Å². The van der Waals surface area contributed by atoms with E-state index in [4.69, 9.17) is 5.73 Å². The van der Waals surface area contributed by atoms with Gasteiger partial charge in [0.05, 0.1) is 6.04 Å². The highest BCUT2D eigenvalue weighted by Gasteiger charge is 2.31. The SMILES string of the molecule is Cl.N[C@@H](c1ccsc1)c1cc(OC(F)(F)F)ccc1F. The second-order valence-corrected chi connectivity index (χ2v) is 4.55. The highest BCUT2D eigenvalue weighted by atomic mass is 35.5.